The second-order valence-corrected chi connectivity index (χ2v) is 16.2. The predicted octanol–water partition coefficient (Wildman–Crippen LogP) is 10.3. The number of amides is 1. The number of methoxy groups -OCH3 is 1. The van der Waals surface area contributed by atoms with Crippen LogP contribution in [0.1, 0.15) is 79.7 Å². The lowest BCUT2D eigenvalue weighted by Crippen LogP contribution is -2.43. The third-order valence-corrected chi connectivity index (χ3v) is 12.3. The Morgan fingerprint density at radius 3 is 2.38 bits per heavy atom. The second kappa shape index (κ2) is 15.3. The minimum absolute atomic E-state index is 0.132. The summed E-state index contributed by atoms with van der Waals surface area (Å²) in [5.74, 6) is 0.167. The Morgan fingerprint density at radius 1 is 0.948 bits per heavy atom. The molecule has 1 aliphatic rings. The van der Waals surface area contributed by atoms with E-state index in [1.54, 1.807) is 6.20 Å². The molecule has 298 valence electrons. The third-order valence-electron chi connectivity index (χ3n) is 11.4. The number of halogens is 2. The summed E-state index contributed by atoms with van der Waals surface area (Å²) in [6, 6.07) is 19.4. The topological polar surface area (TPSA) is 96.4 Å². The van der Waals surface area contributed by atoms with Gasteiger partial charge in [-0.15, -0.1) is 0 Å². The molecule has 7 aromatic rings. The molecule has 1 amide bonds. The van der Waals surface area contributed by atoms with Crippen LogP contribution in [-0.4, -0.2) is 56.0 Å². The summed E-state index contributed by atoms with van der Waals surface area (Å²) in [5.41, 5.74) is 11.7. The number of aromatic nitrogens is 5. The van der Waals surface area contributed by atoms with Crippen LogP contribution >= 0.6 is 23.2 Å². The van der Waals surface area contributed by atoms with Crippen LogP contribution in [0.2, 0.25) is 10.0 Å². The van der Waals surface area contributed by atoms with E-state index in [9.17, 15) is 4.79 Å². The van der Waals surface area contributed by atoms with E-state index in [1.165, 1.54) is 7.11 Å². The Bertz CT molecular complexity index is 2760. The van der Waals surface area contributed by atoms with Crippen molar-refractivity contribution in [2.75, 3.05) is 25.2 Å². The molecule has 3 aromatic carbocycles. The molecule has 4 aromatic heterocycles. The zero-order valence-corrected chi connectivity index (χ0v) is 35.5. The normalized spacial score (nSPS) is 14.1. The first-order chi connectivity index (χ1) is 27.8. The minimum atomic E-state index is -0.465. The van der Waals surface area contributed by atoms with Crippen molar-refractivity contribution >= 4 is 62.6 Å². The fourth-order valence-corrected chi connectivity index (χ4v) is 9.13. The lowest BCUT2D eigenvalue weighted by atomic mass is 9.98. The molecule has 0 aliphatic carbocycles. The van der Waals surface area contributed by atoms with Crippen LogP contribution in [-0.2, 0) is 24.8 Å². The summed E-state index contributed by atoms with van der Waals surface area (Å²) >= 11 is 13.6. The van der Waals surface area contributed by atoms with Crippen molar-refractivity contribution < 1.29 is 19.1 Å². The Hall–Kier alpha value is -5.58. The maximum Gasteiger partial charge on any atom is 0.354 e. The van der Waals surface area contributed by atoms with Gasteiger partial charge in [0, 0.05) is 58.4 Å². The van der Waals surface area contributed by atoms with Gasteiger partial charge < -0.3 is 23.5 Å². The van der Waals surface area contributed by atoms with Crippen LogP contribution in [0, 0.1) is 34.6 Å². The molecule has 0 N–H and O–H groups in total. The van der Waals surface area contributed by atoms with E-state index in [4.69, 9.17) is 37.8 Å². The molecular weight excluding hydrogens is 771 g/mol. The smallest absolute Gasteiger partial charge is 0.354 e. The number of fused-ring (bicyclic) bond motifs is 4. The summed E-state index contributed by atoms with van der Waals surface area (Å²) in [4.78, 5) is 35.3. The number of carbonyl (C=O) groups is 2. The number of ether oxygens (including phenoxy) is 2. The van der Waals surface area contributed by atoms with Gasteiger partial charge in [0.05, 0.1) is 53.4 Å². The maximum atomic E-state index is 15.5. The van der Waals surface area contributed by atoms with Crippen molar-refractivity contribution in [3.05, 3.63) is 128 Å². The van der Waals surface area contributed by atoms with Crippen LogP contribution < -0.4 is 9.64 Å². The molecule has 1 aliphatic heterocycles. The molecule has 58 heavy (non-hydrogen) atoms. The highest BCUT2D eigenvalue weighted by Crippen LogP contribution is 2.46. The van der Waals surface area contributed by atoms with Crippen molar-refractivity contribution in [3.63, 3.8) is 0 Å². The van der Waals surface area contributed by atoms with Crippen LogP contribution in [0.15, 0.2) is 66.9 Å². The first-order valence-electron chi connectivity index (χ1n) is 19.5. The largest absolute Gasteiger partial charge is 0.494 e. The van der Waals surface area contributed by atoms with Gasteiger partial charge in [-0.2, -0.15) is 5.10 Å². The van der Waals surface area contributed by atoms with E-state index >= 15 is 4.79 Å². The summed E-state index contributed by atoms with van der Waals surface area (Å²) in [6.07, 6.45) is 2.97. The van der Waals surface area contributed by atoms with Gasteiger partial charge in [0.15, 0.2) is 0 Å². The van der Waals surface area contributed by atoms with Crippen molar-refractivity contribution in [2.24, 2.45) is 7.05 Å². The van der Waals surface area contributed by atoms with Gasteiger partial charge in [-0.05, 0) is 125 Å². The fraction of sp³-hybridized carbons (Fsp3) is 0.304. The van der Waals surface area contributed by atoms with Gasteiger partial charge in [-0.1, -0.05) is 35.3 Å². The van der Waals surface area contributed by atoms with Crippen LogP contribution in [0.3, 0.4) is 0 Å². The highest BCUT2D eigenvalue weighted by Gasteiger charge is 2.38. The van der Waals surface area contributed by atoms with E-state index in [0.29, 0.717) is 48.9 Å². The van der Waals surface area contributed by atoms with Crippen LogP contribution in [0.5, 0.6) is 5.75 Å². The minimum Gasteiger partial charge on any atom is -0.494 e. The van der Waals surface area contributed by atoms with Gasteiger partial charge >= 0.3 is 5.97 Å². The van der Waals surface area contributed by atoms with E-state index in [2.05, 4.69) is 16.5 Å². The number of carbonyl (C=O) groups excluding carboxylic acids is 2. The molecule has 0 bridgehead atoms. The highest BCUT2D eigenvalue weighted by molar-refractivity contribution is 6.35. The summed E-state index contributed by atoms with van der Waals surface area (Å²) in [6.45, 7) is 13.3. The standard InChI is InChI=1S/C46H46Cl2N6O4/c1-25-18-31-22-38(46(56)57-8)52(24-32-12-9-10-16-49-32)42(31)37(19-25)53-23-28(4)54-43-35(14-15-36(47)40(43)39-29(5)50-51(7)30(39)6)34(44(54)45(53)55)13-11-17-58-33-20-26(2)41(48)27(3)21-33/h9-10,12,14-16,18-22,28H,11,13,17,23-24H2,1-8H3/t28-/m1/s1. The number of nitrogens with zero attached hydrogens (tertiary/aromatic N) is 6. The SMILES string of the molecule is COC(=O)c1cc2cc(C)cc(N3C[C@@H](C)n4c(c(CCCOc5cc(C)c(Cl)c(C)c5)c5ccc(Cl)c(-c6c(C)nn(C)c6C)c54)C3=O)c2n1Cc1ccccn1. The number of pyridine rings is 1. The number of esters is 1. The molecule has 0 fully saturated rings. The number of aryl methyl sites for hydroxylation is 6. The van der Waals surface area contributed by atoms with Crippen LogP contribution in [0.25, 0.3) is 32.9 Å². The third kappa shape index (κ3) is 6.62. The zero-order valence-electron chi connectivity index (χ0n) is 34.0. The van der Waals surface area contributed by atoms with Crippen molar-refractivity contribution in [3.8, 4) is 16.9 Å². The van der Waals surface area contributed by atoms with Crippen molar-refractivity contribution in [1.29, 1.82) is 0 Å². The molecule has 0 radical (unpaired) electrons. The van der Waals surface area contributed by atoms with Crippen molar-refractivity contribution in [2.45, 2.75) is 67.0 Å². The van der Waals surface area contributed by atoms with Gasteiger partial charge in [0.25, 0.3) is 5.91 Å². The zero-order chi connectivity index (χ0) is 41.2. The van der Waals surface area contributed by atoms with Gasteiger partial charge in [-0.3, -0.25) is 14.5 Å². The quantitative estimate of drug-likeness (QED) is 0.101. The number of anilines is 1. The Balaban J connectivity index is 1.30. The predicted molar refractivity (Wildman–Crippen MR) is 231 cm³/mol. The molecule has 5 heterocycles. The average molecular weight is 818 g/mol. The molecule has 0 unspecified atom stereocenters. The molecule has 8 rings (SSSR count). The first-order valence-corrected chi connectivity index (χ1v) is 20.2. The van der Waals surface area contributed by atoms with Crippen LogP contribution in [0.4, 0.5) is 5.69 Å². The highest BCUT2D eigenvalue weighted by atomic mass is 35.5. The first kappa shape index (κ1) is 39.3. The van der Waals surface area contributed by atoms with Gasteiger partial charge in [0.2, 0.25) is 0 Å². The molecular formula is C46H46Cl2N6O4. The maximum absolute atomic E-state index is 15.5. The molecule has 12 heteroatoms. The Morgan fingerprint density at radius 2 is 1.71 bits per heavy atom. The number of rotatable bonds is 10. The lowest BCUT2D eigenvalue weighted by molar-refractivity contribution is 0.0589. The summed E-state index contributed by atoms with van der Waals surface area (Å²) < 4.78 is 17.5. The molecule has 0 saturated carbocycles. The van der Waals surface area contributed by atoms with E-state index < -0.39 is 5.97 Å². The lowest BCUT2D eigenvalue weighted by Gasteiger charge is -2.35. The van der Waals surface area contributed by atoms with E-state index in [0.717, 1.165) is 88.7 Å². The molecule has 1 atom stereocenters. The van der Waals surface area contributed by atoms with Gasteiger partial charge in [-0.25, -0.2) is 4.79 Å². The second-order valence-electron chi connectivity index (χ2n) is 15.4. The molecule has 10 nitrogen and oxygen atoms in total. The Kier molecular flexibility index (Phi) is 10.4. The molecule has 0 saturated heterocycles. The number of benzene rings is 3. The Labute approximate surface area is 347 Å². The van der Waals surface area contributed by atoms with Crippen molar-refractivity contribution in [1.82, 2.24) is 23.9 Å². The monoisotopic (exact) mass is 816 g/mol. The summed E-state index contributed by atoms with van der Waals surface area (Å²) in [5, 5.41) is 7.89. The summed E-state index contributed by atoms with van der Waals surface area (Å²) in [7, 11) is 3.32. The van der Waals surface area contributed by atoms with E-state index in [-0.39, 0.29) is 11.9 Å². The number of hydrogen-bond donors (Lipinski definition) is 0. The molecule has 0 spiro atoms. The average Bonchev–Trinajstić information content (AvgIpc) is 3.81. The fourth-order valence-electron chi connectivity index (χ4n) is 8.77. The van der Waals surface area contributed by atoms with Gasteiger partial charge in [0.1, 0.15) is 17.1 Å². The van der Waals surface area contributed by atoms with E-state index in [1.807, 2.05) is 116 Å². The number of hydrogen-bond acceptors (Lipinski definition) is 6.